The Kier molecular flexibility index (Phi) is 6.21. The number of ether oxygens (including phenoxy) is 2. The van der Waals surface area contributed by atoms with Crippen molar-refractivity contribution in [1.82, 2.24) is 5.32 Å². The van der Waals surface area contributed by atoms with Crippen molar-refractivity contribution in [3.8, 4) is 0 Å². The van der Waals surface area contributed by atoms with E-state index in [0.717, 1.165) is 5.56 Å². The van der Waals surface area contributed by atoms with E-state index in [4.69, 9.17) is 9.47 Å². The SMILES string of the molecule is COC(=O)[C@@H](CCc1ccccc1)NC(=O)OC(C)(C)C. The van der Waals surface area contributed by atoms with Gasteiger partial charge in [0.05, 0.1) is 7.11 Å². The standard InChI is InChI=1S/C16H23NO4/c1-16(2,3)21-15(19)17-13(14(18)20-4)11-10-12-8-6-5-7-9-12/h5-9,13H,10-11H2,1-4H3,(H,17,19)/t13-/m1/s1. The molecular formula is C16H23NO4. The lowest BCUT2D eigenvalue weighted by Crippen LogP contribution is -2.44. The maximum absolute atomic E-state index is 11.8. The van der Waals surface area contributed by atoms with Gasteiger partial charge in [0.1, 0.15) is 11.6 Å². The molecule has 5 heteroatoms. The van der Waals surface area contributed by atoms with Gasteiger partial charge in [0.25, 0.3) is 0 Å². The molecule has 5 nitrogen and oxygen atoms in total. The Morgan fingerprint density at radius 3 is 2.33 bits per heavy atom. The fourth-order valence-corrected chi connectivity index (χ4v) is 1.80. The molecule has 0 spiro atoms. The Labute approximate surface area is 125 Å². The second-order valence-electron chi connectivity index (χ2n) is 5.75. The average Bonchev–Trinajstić information content (AvgIpc) is 2.41. The number of carbonyl (C=O) groups is 2. The van der Waals surface area contributed by atoms with Crippen molar-refractivity contribution in [3.05, 3.63) is 35.9 Å². The second kappa shape index (κ2) is 7.67. The number of alkyl carbamates (subject to hydrolysis) is 1. The maximum atomic E-state index is 11.8. The number of carbonyl (C=O) groups excluding carboxylic acids is 2. The van der Waals surface area contributed by atoms with E-state index in [1.165, 1.54) is 7.11 Å². The molecule has 0 aliphatic rings. The largest absolute Gasteiger partial charge is 0.467 e. The van der Waals surface area contributed by atoms with Crippen molar-refractivity contribution in [3.63, 3.8) is 0 Å². The summed E-state index contributed by atoms with van der Waals surface area (Å²) in [7, 11) is 1.30. The van der Waals surface area contributed by atoms with Gasteiger partial charge in [0.15, 0.2) is 0 Å². The fourth-order valence-electron chi connectivity index (χ4n) is 1.80. The van der Waals surface area contributed by atoms with Gasteiger partial charge in [0.2, 0.25) is 0 Å². The average molecular weight is 293 g/mol. The van der Waals surface area contributed by atoms with Crippen LogP contribution < -0.4 is 5.32 Å². The van der Waals surface area contributed by atoms with Gasteiger partial charge >= 0.3 is 12.1 Å². The highest BCUT2D eigenvalue weighted by atomic mass is 16.6. The molecule has 0 saturated carbocycles. The van der Waals surface area contributed by atoms with Crippen LogP contribution in [0.25, 0.3) is 0 Å². The quantitative estimate of drug-likeness (QED) is 0.848. The van der Waals surface area contributed by atoms with E-state index in [-0.39, 0.29) is 0 Å². The molecule has 0 heterocycles. The molecule has 1 aromatic carbocycles. The van der Waals surface area contributed by atoms with Crippen molar-refractivity contribution in [1.29, 1.82) is 0 Å². The predicted octanol–water partition coefficient (Wildman–Crippen LogP) is 2.69. The molecule has 21 heavy (non-hydrogen) atoms. The Morgan fingerprint density at radius 1 is 1.19 bits per heavy atom. The third-order valence-corrected chi connectivity index (χ3v) is 2.74. The van der Waals surface area contributed by atoms with Gasteiger partial charge in [-0.1, -0.05) is 30.3 Å². The minimum Gasteiger partial charge on any atom is -0.467 e. The van der Waals surface area contributed by atoms with E-state index in [1.807, 2.05) is 30.3 Å². The molecule has 1 aromatic rings. The van der Waals surface area contributed by atoms with Crippen molar-refractivity contribution < 1.29 is 19.1 Å². The Balaban J connectivity index is 2.60. The van der Waals surface area contributed by atoms with Crippen LogP contribution >= 0.6 is 0 Å². The molecule has 0 radical (unpaired) electrons. The summed E-state index contributed by atoms with van der Waals surface area (Å²) < 4.78 is 9.88. The van der Waals surface area contributed by atoms with Crippen LogP contribution in [0.3, 0.4) is 0 Å². The molecule has 0 saturated heterocycles. The van der Waals surface area contributed by atoms with Crippen LogP contribution in [0, 0.1) is 0 Å². The van der Waals surface area contributed by atoms with Crippen LogP contribution in [0.1, 0.15) is 32.8 Å². The monoisotopic (exact) mass is 293 g/mol. The zero-order valence-corrected chi connectivity index (χ0v) is 13.0. The van der Waals surface area contributed by atoms with Gasteiger partial charge in [0, 0.05) is 0 Å². The van der Waals surface area contributed by atoms with Crippen molar-refractivity contribution in [2.75, 3.05) is 7.11 Å². The van der Waals surface area contributed by atoms with E-state index in [2.05, 4.69) is 5.32 Å². The van der Waals surface area contributed by atoms with E-state index in [9.17, 15) is 9.59 Å². The lowest BCUT2D eigenvalue weighted by molar-refractivity contribution is -0.143. The van der Waals surface area contributed by atoms with Gasteiger partial charge in [-0.15, -0.1) is 0 Å². The number of benzene rings is 1. The summed E-state index contributed by atoms with van der Waals surface area (Å²) in [4.78, 5) is 23.5. The van der Waals surface area contributed by atoms with E-state index in [0.29, 0.717) is 12.8 Å². The lowest BCUT2D eigenvalue weighted by atomic mass is 10.1. The summed E-state index contributed by atoms with van der Waals surface area (Å²) in [5.41, 5.74) is 0.488. The number of aryl methyl sites for hydroxylation is 1. The van der Waals surface area contributed by atoms with Crippen LogP contribution in [0.2, 0.25) is 0 Å². The van der Waals surface area contributed by atoms with E-state index in [1.54, 1.807) is 20.8 Å². The Bertz CT molecular complexity index is 465. The van der Waals surface area contributed by atoms with Crippen LogP contribution in [-0.2, 0) is 20.7 Å². The molecule has 0 aromatic heterocycles. The summed E-state index contributed by atoms with van der Waals surface area (Å²) in [5, 5.41) is 2.56. The molecule has 1 atom stereocenters. The minimum atomic E-state index is -0.718. The molecule has 1 amide bonds. The van der Waals surface area contributed by atoms with Crippen LogP contribution in [-0.4, -0.2) is 30.8 Å². The lowest BCUT2D eigenvalue weighted by Gasteiger charge is -2.22. The summed E-state index contributed by atoms with van der Waals surface area (Å²) in [5.74, 6) is -0.475. The molecule has 0 aliphatic carbocycles. The first kappa shape index (κ1) is 17.0. The molecule has 0 aliphatic heterocycles. The van der Waals surface area contributed by atoms with Crippen molar-refractivity contribution in [2.24, 2.45) is 0 Å². The fraction of sp³-hybridized carbons (Fsp3) is 0.500. The Morgan fingerprint density at radius 2 is 1.81 bits per heavy atom. The van der Waals surface area contributed by atoms with Gasteiger partial charge in [-0.2, -0.15) is 0 Å². The third kappa shape index (κ3) is 6.79. The molecule has 0 bridgehead atoms. The first-order valence-corrected chi connectivity index (χ1v) is 6.93. The summed E-state index contributed by atoms with van der Waals surface area (Å²) in [6.07, 6.45) is 0.498. The summed E-state index contributed by atoms with van der Waals surface area (Å²) >= 11 is 0. The minimum absolute atomic E-state index is 0.454. The number of methoxy groups -OCH3 is 1. The number of hydrogen-bond donors (Lipinski definition) is 1. The highest BCUT2D eigenvalue weighted by molar-refractivity contribution is 5.81. The van der Waals surface area contributed by atoms with Gasteiger partial charge in [-0.25, -0.2) is 9.59 Å². The topological polar surface area (TPSA) is 64.6 Å². The zero-order valence-electron chi connectivity index (χ0n) is 13.0. The number of hydrogen-bond acceptors (Lipinski definition) is 4. The Hall–Kier alpha value is -2.04. The zero-order chi connectivity index (χ0) is 15.9. The highest BCUT2D eigenvalue weighted by Crippen LogP contribution is 2.09. The van der Waals surface area contributed by atoms with Gasteiger partial charge in [-0.05, 0) is 39.2 Å². The predicted molar refractivity (Wildman–Crippen MR) is 79.9 cm³/mol. The highest BCUT2D eigenvalue weighted by Gasteiger charge is 2.24. The number of amides is 1. The molecule has 0 unspecified atom stereocenters. The number of nitrogens with one attached hydrogen (secondary N) is 1. The van der Waals surface area contributed by atoms with Crippen LogP contribution in [0.4, 0.5) is 4.79 Å². The van der Waals surface area contributed by atoms with Gasteiger partial charge in [-0.3, -0.25) is 0 Å². The van der Waals surface area contributed by atoms with Crippen molar-refractivity contribution >= 4 is 12.1 Å². The summed E-state index contributed by atoms with van der Waals surface area (Å²) in [6.45, 7) is 5.30. The van der Waals surface area contributed by atoms with Crippen molar-refractivity contribution in [2.45, 2.75) is 45.3 Å². The maximum Gasteiger partial charge on any atom is 0.408 e. The molecule has 1 rings (SSSR count). The molecular weight excluding hydrogens is 270 g/mol. The first-order chi connectivity index (χ1) is 9.81. The number of esters is 1. The number of rotatable bonds is 5. The normalized spacial score (nSPS) is 12.4. The molecule has 116 valence electrons. The molecule has 0 fully saturated rings. The second-order valence-corrected chi connectivity index (χ2v) is 5.75. The van der Waals surface area contributed by atoms with Gasteiger partial charge < -0.3 is 14.8 Å². The third-order valence-electron chi connectivity index (χ3n) is 2.74. The smallest absolute Gasteiger partial charge is 0.408 e. The molecule has 1 N–H and O–H groups in total. The van der Waals surface area contributed by atoms with Crippen LogP contribution in [0.5, 0.6) is 0 Å². The first-order valence-electron chi connectivity index (χ1n) is 6.93. The van der Waals surface area contributed by atoms with E-state index >= 15 is 0 Å². The van der Waals surface area contributed by atoms with E-state index < -0.39 is 23.7 Å². The summed E-state index contributed by atoms with van der Waals surface area (Å²) in [6, 6.07) is 9.03. The van der Waals surface area contributed by atoms with Crippen LogP contribution in [0.15, 0.2) is 30.3 Å².